The normalized spacial score (nSPS) is 15.1. The van der Waals surface area contributed by atoms with Crippen LogP contribution in [0.4, 0.5) is 0 Å². The molecule has 0 unspecified atom stereocenters. The van der Waals surface area contributed by atoms with Crippen molar-refractivity contribution in [2.24, 2.45) is 5.73 Å². The predicted molar refractivity (Wildman–Crippen MR) is 104 cm³/mol. The van der Waals surface area contributed by atoms with Gasteiger partial charge in [-0.15, -0.1) is 0 Å². The summed E-state index contributed by atoms with van der Waals surface area (Å²) >= 11 is 0. The smallest absolute Gasteiger partial charge is 0.259 e. The van der Waals surface area contributed by atoms with E-state index in [0.29, 0.717) is 35.7 Å². The van der Waals surface area contributed by atoms with E-state index >= 15 is 0 Å². The van der Waals surface area contributed by atoms with Crippen molar-refractivity contribution >= 4 is 22.7 Å². The van der Waals surface area contributed by atoms with Gasteiger partial charge in [-0.3, -0.25) is 14.6 Å². The van der Waals surface area contributed by atoms with Crippen LogP contribution in [0, 0.1) is 13.8 Å². The van der Waals surface area contributed by atoms with Crippen molar-refractivity contribution < 1.29 is 14.1 Å². The molecule has 0 atom stereocenters. The maximum Gasteiger partial charge on any atom is 0.259 e. The molecule has 7 nitrogen and oxygen atoms in total. The van der Waals surface area contributed by atoms with Crippen LogP contribution in [0.5, 0.6) is 0 Å². The maximum atomic E-state index is 12.8. The lowest BCUT2D eigenvalue weighted by Gasteiger charge is -2.32. The van der Waals surface area contributed by atoms with Gasteiger partial charge in [0.1, 0.15) is 11.3 Å². The first-order chi connectivity index (χ1) is 13.5. The van der Waals surface area contributed by atoms with Crippen LogP contribution in [0.25, 0.3) is 10.9 Å². The number of para-hydroxylation sites is 1. The zero-order valence-corrected chi connectivity index (χ0v) is 15.9. The highest BCUT2D eigenvalue weighted by Crippen LogP contribution is 2.32. The fraction of sp³-hybridized carbons (Fsp3) is 0.333. The highest BCUT2D eigenvalue weighted by molar-refractivity contribution is 5.98. The first kappa shape index (κ1) is 18.2. The van der Waals surface area contributed by atoms with Crippen molar-refractivity contribution in [1.82, 2.24) is 15.0 Å². The van der Waals surface area contributed by atoms with Crippen LogP contribution >= 0.6 is 0 Å². The van der Waals surface area contributed by atoms with Gasteiger partial charge in [-0.05, 0) is 38.8 Å². The molecule has 7 heteroatoms. The second-order valence-corrected chi connectivity index (χ2v) is 7.24. The van der Waals surface area contributed by atoms with E-state index in [1.54, 1.807) is 13.8 Å². The standard InChI is InChI=1S/C21H22N4O3/c1-12-18(13(2)28-24-12)21(27)25-9-7-14(8-10-25)19-16(20(22)26)11-15-5-3-4-6-17(15)23-19/h3-6,11,14H,7-10H2,1-2H3,(H2,22,26). The number of carbonyl (C=O) groups is 2. The molecule has 2 N–H and O–H groups in total. The Balaban J connectivity index is 1.58. The van der Waals surface area contributed by atoms with Crippen molar-refractivity contribution in [2.45, 2.75) is 32.6 Å². The number of aromatic nitrogens is 2. The van der Waals surface area contributed by atoms with Crippen LogP contribution in [0.15, 0.2) is 34.9 Å². The van der Waals surface area contributed by atoms with Gasteiger partial charge in [0.25, 0.3) is 11.8 Å². The Bertz CT molecular complexity index is 1050. The van der Waals surface area contributed by atoms with Gasteiger partial charge in [0.05, 0.1) is 22.5 Å². The maximum absolute atomic E-state index is 12.8. The third-order valence-corrected chi connectivity index (χ3v) is 5.44. The summed E-state index contributed by atoms with van der Waals surface area (Å²) in [5.41, 5.74) is 8.82. The molecule has 0 bridgehead atoms. The minimum atomic E-state index is -0.470. The molecule has 1 aromatic carbocycles. The average Bonchev–Trinajstić information content (AvgIpc) is 3.04. The summed E-state index contributed by atoms with van der Waals surface area (Å²) in [6, 6.07) is 9.51. The number of hydrogen-bond donors (Lipinski definition) is 1. The number of aryl methyl sites for hydroxylation is 2. The van der Waals surface area contributed by atoms with E-state index in [0.717, 1.165) is 29.4 Å². The summed E-state index contributed by atoms with van der Waals surface area (Å²) in [6.45, 7) is 4.69. The number of nitrogens with zero attached hydrogens (tertiary/aromatic N) is 3. The lowest BCUT2D eigenvalue weighted by molar-refractivity contribution is 0.0708. The molecule has 1 aliphatic rings. The number of primary amides is 1. The second kappa shape index (κ2) is 7.07. The summed E-state index contributed by atoms with van der Waals surface area (Å²) in [4.78, 5) is 31.4. The van der Waals surface area contributed by atoms with Crippen molar-refractivity contribution in [3.8, 4) is 0 Å². The summed E-state index contributed by atoms with van der Waals surface area (Å²) < 4.78 is 5.12. The van der Waals surface area contributed by atoms with Crippen molar-refractivity contribution in [3.63, 3.8) is 0 Å². The molecule has 1 saturated heterocycles. The molecule has 28 heavy (non-hydrogen) atoms. The molecular weight excluding hydrogens is 356 g/mol. The number of likely N-dealkylation sites (tertiary alicyclic amines) is 1. The van der Waals surface area contributed by atoms with Gasteiger partial charge in [-0.25, -0.2) is 0 Å². The number of carbonyl (C=O) groups excluding carboxylic acids is 2. The third-order valence-electron chi connectivity index (χ3n) is 5.44. The monoisotopic (exact) mass is 378 g/mol. The van der Waals surface area contributed by atoms with Gasteiger partial charge in [-0.2, -0.15) is 0 Å². The van der Waals surface area contributed by atoms with E-state index in [4.69, 9.17) is 15.2 Å². The highest BCUT2D eigenvalue weighted by atomic mass is 16.5. The fourth-order valence-electron chi connectivity index (χ4n) is 3.94. The molecule has 4 rings (SSSR count). The molecular formula is C21H22N4O3. The second-order valence-electron chi connectivity index (χ2n) is 7.24. The number of pyridine rings is 1. The Morgan fingerprint density at radius 1 is 1.18 bits per heavy atom. The van der Waals surface area contributed by atoms with Crippen LogP contribution in [0.1, 0.15) is 56.6 Å². The lowest BCUT2D eigenvalue weighted by Crippen LogP contribution is -2.38. The number of rotatable bonds is 3. The van der Waals surface area contributed by atoms with E-state index in [1.807, 2.05) is 35.2 Å². The van der Waals surface area contributed by atoms with E-state index < -0.39 is 5.91 Å². The van der Waals surface area contributed by atoms with Crippen molar-refractivity contribution in [2.75, 3.05) is 13.1 Å². The first-order valence-corrected chi connectivity index (χ1v) is 9.37. The summed E-state index contributed by atoms with van der Waals surface area (Å²) in [7, 11) is 0. The molecule has 1 aliphatic heterocycles. The molecule has 1 fully saturated rings. The van der Waals surface area contributed by atoms with E-state index in [2.05, 4.69) is 5.16 Å². The minimum Gasteiger partial charge on any atom is -0.366 e. The highest BCUT2D eigenvalue weighted by Gasteiger charge is 2.30. The number of hydrogen-bond acceptors (Lipinski definition) is 5. The summed E-state index contributed by atoms with van der Waals surface area (Å²) in [6.07, 6.45) is 1.45. The summed E-state index contributed by atoms with van der Waals surface area (Å²) in [5, 5.41) is 4.77. The molecule has 3 aromatic rings. The zero-order valence-electron chi connectivity index (χ0n) is 15.9. The topological polar surface area (TPSA) is 102 Å². The van der Waals surface area contributed by atoms with Crippen LogP contribution in [0.2, 0.25) is 0 Å². The zero-order chi connectivity index (χ0) is 19.8. The quantitative estimate of drug-likeness (QED) is 0.755. The van der Waals surface area contributed by atoms with Crippen LogP contribution in [-0.4, -0.2) is 39.9 Å². The SMILES string of the molecule is Cc1noc(C)c1C(=O)N1CCC(c2nc3ccccc3cc2C(N)=O)CC1. The third kappa shape index (κ3) is 3.13. The van der Waals surface area contributed by atoms with Crippen LogP contribution in [0.3, 0.4) is 0 Å². The van der Waals surface area contributed by atoms with Gasteiger partial charge in [0.15, 0.2) is 0 Å². The number of amides is 2. The first-order valence-electron chi connectivity index (χ1n) is 9.37. The number of nitrogens with two attached hydrogens (primary N) is 1. The van der Waals surface area contributed by atoms with Gasteiger partial charge in [-0.1, -0.05) is 23.4 Å². The molecule has 0 radical (unpaired) electrons. The number of piperidine rings is 1. The van der Waals surface area contributed by atoms with Crippen molar-refractivity contribution in [3.05, 3.63) is 58.6 Å². The molecule has 2 aromatic heterocycles. The lowest BCUT2D eigenvalue weighted by atomic mass is 9.89. The molecule has 0 spiro atoms. The molecule has 3 heterocycles. The van der Waals surface area contributed by atoms with Gasteiger partial charge in [0, 0.05) is 24.4 Å². The molecule has 0 saturated carbocycles. The number of benzene rings is 1. The predicted octanol–water partition coefficient (Wildman–Crippen LogP) is 2.96. The summed E-state index contributed by atoms with van der Waals surface area (Å²) in [5.74, 6) is 0.0939. The Morgan fingerprint density at radius 2 is 1.89 bits per heavy atom. The minimum absolute atomic E-state index is 0.0590. The van der Waals surface area contributed by atoms with Crippen LogP contribution < -0.4 is 5.73 Å². The largest absolute Gasteiger partial charge is 0.366 e. The average molecular weight is 378 g/mol. The van der Waals surface area contributed by atoms with Gasteiger partial charge < -0.3 is 15.2 Å². The molecule has 0 aliphatic carbocycles. The van der Waals surface area contributed by atoms with E-state index in [1.165, 1.54) is 0 Å². The molecule has 144 valence electrons. The van der Waals surface area contributed by atoms with Crippen LogP contribution in [-0.2, 0) is 0 Å². The van der Waals surface area contributed by atoms with Gasteiger partial charge in [0.2, 0.25) is 0 Å². The number of fused-ring (bicyclic) bond motifs is 1. The van der Waals surface area contributed by atoms with Gasteiger partial charge >= 0.3 is 0 Å². The fourth-order valence-corrected chi connectivity index (χ4v) is 3.94. The Kier molecular flexibility index (Phi) is 4.58. The molecule has 2 amide bonds. The Morgan fingerprint density at radius 3 is 2.54 bits per heavy atom. The van der Waals surface area contributed by atoms with E-state index in [9.17, 15) is 9.59 Å². The Hall–Kier alpha value is -3.22. The van der Waals surface area contributed by atoms with E-state index in [-0.39, 0.29) is 11.8 Å². The Labute approximate surface area is 162 Å². The van der Waals surface area contributed by atoms with Crippen molar-refractivity contribution in [1.29, 1.82) is 0 Å².